The quantitative estimate of drug-likeness (QED) is 0.676. The minimum atomic E-state index is 0.659. The Balaban J connectivity index is 1.95. The van der Waals surface area contributed by atoms with E-state index < -0.39 is 0 Å². The molecule has 0 radical (unpaired) electrons. The van der Waals surface area contributed by atoms with E-state index >= 15 is 0 Å². The smallest absolute Gasteiger partial charge is 0.0109 e. The highest BCUT2D eigenvalue weighted by Crippen LogP contribution is 2.06. The van der Waals surface area contributed by atoms with Crippen LogP contribution in [0.15, 0.2) is 0 Å². The Morgan fingerprint density at radius 2 is 1.94 bits per heavy atom. The van der Waals surface area contributed by atoms with E-state index in [1.165, 1.54) is 45.4 Å². The maximum absolute atomic E-state index is 3.54. The van der Waals surface area contributed by atoms with E-state index in [4.69, 9.17) is 0 Å². The fourth-order valence-electron chi connectivity index (χ4n) is 2.08. The molecule has 3 nitrogen and oxygen atoms in total. The van der Waals surface area contributed by atoms with E-state index in [0.29, 0.717) is 6.04 Å². The van der Waals surface area contributed by atoms with Crippen molar-refractivity contribution in [1.82, 2.24) is 15.1 Å². The third-order valence-corrected chi connectivity index (χ3v) is 3.60. The normalized spacial score (nSPS) is 19.5. The molecule has 0 saturated carbocycles. The lowest BCUT2D eigenvalue weighted by Gasteiger charge is -2.22. The molecule has 3 heteroatoms. The number of hydrogen-bond donors (Lipinski definition) is 1. The first-order valence-corrected chi connectivity index (χ1v) is 6.86. The van der Waals surface area contributed by atoms with Gasteiger partial charge in [0.25, 0.3) is 0 Å². The lowest BCUT2D eigenvalue weighted by molar-refractivity contribution is 0.255. The van der Waals surface area contributed by atoms with Gasteiger partial charge in [-0.15, -0.1) is 0 Å². The molecule has 0 bridgehead atoms. The molecule has 0 aromatic rings. The molecule has 0 amide bonds. The number of likely N-dealkylation sites (N-methyl/N-ethyl adjacent to an activating group) is 1. The monoisotopic (exact) mass is 227 g/mol. The summed E-state index contributed by atoms with van der Waals surface area (Å²) >= 11 is 0. The molecule has 1 N–H and O–H groups in total. The molecule has 1 fully saturated rings. The first-order valence-electron chi connectivity index (χ1n) is 6.86. The van der Waals surface area contributed by atoms with Crippen LogP contribution in [0, 0.1) is 0 Å². The fourth-order valence-corrected chi connectivity index (χ4v) is 2.08. The summed E-state index contributed by atoms with van der Waals surface area (Å²) in [7, 11) is 2.23. The van der Waals surface area contributed by atoms with Crippen LogP contribution in [0.5, 0.6) is 0 Å². The third-order valence-electron chi connectivity index (χ3n) is 3.60. The van der Waals surface area contributed by atoms with Crippen molar-refractivity contribution >= 4 is 0 Å². The maximum Gasteiger partial charge on any atom is 0.0109 e. The van der Waals surface area contributed by atoms with Gasteiger partial charge in [0.2, 0.25) is 0 Å². The molecule has 1 heterocycles. The molecule has 0 spiro atoms. The standard InChI is InChI=1S/C13H29N3/c1-4-13(2)14-7-10-15(3)11-12-16-8-5-6-9-16/h13-14H,4-12H2,1-3H3. The summed E-state index contributed by atoms with van der Waals surface area (Å²) in [4.78, 5) is 5.02. The van der Waals surface area contributed by atoms with E-state index in [9.17, 15) is 0 Å². The molecule has 0 aromatic heterocycles. The molecule has 1 aliphatic heterocycles. The molecule has 1 aliphatic rings. The number of likely N-dealkylation sites (tertiary alicyclic amines) is 1. The van der Waals surface area contributed by atoms with Crippen molar-refractivity contribution in [1.29, 1.82) is 0 Å². The average Bonchev–Trinajstić information content (AvgIpc) is 2.79. The van der Waals surface area contributed by atoms with Crippen LogP contribution in [-0.4, -0.2) is 62.2 Å². The Morgan fingerprint density at radius 1 is 1.25 bits per heavy atom. The molecule has 0 aromatic carbocycles. The summed E-state index contributed by atoms with van der Waals surface area (Å²) in [5, 5.41) is 3.54. The topological polar surface area (TPSA) is 18.5 Å². The lowest BCUT2D eigenvalue weighted by atomic mass is 10.2. The summed E-state index contributed by atoms with van der Waals surface area (Å²) in [5.74, 6) is 0. The zero-order valence-corrected chi connectivity index (χ0v) is 11.3. The van der Waals surface area contributed by atoms with Crippen molar-refractivity contribution in [2.24, 2.45) is 0 Å². The summed E-state index contributed by atoms with van der Waals surface area (Å²) in [5.41, 5.74) is 0. The zero-order chi connectivity index (χ0) is 11.8. The van der Waals surface area contributed by atoms with Crippen LogP contribution < -0.4 is 5.32 Å². The SMILES string of the molecule is CCC(C)NCCN(C)CCN1CCCC1. The minimum Gasteiger partial charge on any atom is -0.313 e. The third kappa shape index (κ3) is 5.83. The number of rotatable bonds is 8. The highest BCUT2D eigenvalue weighted by Gasteiger charge is 2.11. The minimum absolute atomic E-state index is 0.659. The van der Waals surface area contributed by atoms with E-state index in [2.05, 4.69) is 36.0 Å². The Hall–Kier alpha value is -0.120. The van der Waals surface area contributed by atoms with Crippen molar-refractivity contribution in [3.8, 4) is 0 Å². The van der Waals surface area contributed by atoms with Gasteiger partial charge in [-0.3, -0.25) is 0 Å². The highest BCUT2D eigenvalue weighted by atomic mass is 15.2. The highest BCUT2D eigenvalue weighted by molar-refractivity contribution is 4.68. The van der Waals surface area contributed by atoms with Crippen LogP contribution in [0.4, 0.5) is 0 Å². The van der Waals surface area contributed by atoms with Crippen molar-refractivity contribution in [2.45, 2.75) is 39.2 Å². The first-order chi connectivity index (χ1) is 7.72. The second-order valence-electron chi connectivity index (χ2n) is 5.12. The summed E-state index contributed by atoms with van der Waals surface area (Å²) in [6, 6.07) is 0.659. The number of hydrogen-bond acceptors (Lipinski definition) is 3. The average molecular weight is 227 g/mol. The van der Waals surface area contributed by atoms with Crippen LogP contribution in [0.2, 0.25) is 0 Å². The zero-order valence-electron chi connectivity index (χ0n) is 11.3. The molecule has 16 heavy (non-hydrogen) atoms. The van der Waals surface area contributed by atoms with Crippen LogP contribution in [0.3, 0.4) is 0 Å². The first kappa shape index (κ1) is 13.9. The summed E-state index contributed by atoms with van der Waals surface area (Å²) in [6.45, 7) is 11.9. The van der Waals surface area contributed by atoms with Crippen LogP contribution in [-0.2, 0) is 0 Å². The maximum atomic E-state index is 3.54. The predicted octanol–water partition coefficient (Wildman–Crippen LogP) is 1.40. The van der Waals surface area contributed by atoms with Crippen molar-refractivity contribution in [3.05, 3.63) is 0 Å². The largest absolute Gasteiger partial charge is 0.313 e. The van der Waals surface area contributed by atoms with E-state index in [0.717, 1.165) is 13.1 Å². The Labute approximate surface area is 101 Å². The predicted molar refractivity (Wildman–Crippen MR) is 70.9 cm³/mol. The molecule has 1 atom stereocenters. The molecule has 0 aliphatic carbocycles. The van der Waals surface area contributed by atoms with Gasteiger partial charge in [0, 0.05) is 32.2 Å². The Bertz CT molecular complexity index is 167. The Kier molecular flexibility index (Phi) is 7.01. The molecule has 1 rings (SSSR count). The van der Waals surface area contributed by atoms with E-state index in [1.807, 2.05) is 0 Å². The van der Waals surface area contributed by atoms with Crippen LogP contribution in [0.1, 0.15) is 33.1 Å². The van der Waals surface area contributed by atoms with Crippen molar-refractivity contribution in [2.75, 3.05) is 46.3 Å². The van der Waals surface area contributed by atoms with Crippen LogP contribution >= 0.6 is 0 Å². The van der Waals surface area contributed by atoms with Crippen LogP contribution in [0.25, 0.3) is 0 Å². The van der Waals surface area contributed by atoms with Gasteiger partial charge in [0.05, 0.1) is 0 Å². The van der Waals surface area contributed by atoms with Gasteiger partial charge in [-0.2, -0.15) is 0 Å². The van der Waals surface area contributed by atoms with E-state index in [-0.39, 0.29) is 0 Å². The van der Waals surface area contributed by atoms with Gasteiger partial charge < -0.3 is 15.1 Å². The van der Waals surface area contributed by atoms with Gasteiger partial charge in [0.1, 0.15) is 0 Å². The van der Waals surface area contributed by atoms with Crippen molar-refractivity contribution in [3.63, 3.8) is 0 Å². The lowest BCUT2D eigenvalue weighted by Crippen LogP contribution is -2.37. The van der Waals surface area contributed by atoms with Gasteiger partial charge >= 0.3 is 0 Å². The molecule has 1 saturated heterocycles. The summed E-state index contributed by atoms with van der Waals surface area (Å²) < 4.78 is 0. The molecule has 96 valence electrons. The van der Waals surface area contributed by atoms with E-state index in [1.54, 1.807) is 0 Å². The molecular formula is C13H29N3. The van der Waals surface area contributed by atoms with Gasteiger partial charge in [-0.25, -0.2) is 0 Å². The van der Waals surface area contributed by atoms with Gasteiger partial charge in [-0.1, -0.05) is 6.92 Å². The second-order valence-corrected chi connectivity index (χ2v) is 5.12. The summed E-state index contributed by atoms with van der Waals surface area (Å²) in [6.07, 6.45) is 4.02. The van der Waals surface area contributed by atoms with Gasteiger partial charge in [-0.05, 0) is 46.3 Å². The fraction of sp³-hybridized carbons (Fsp3) is 1.00. The molecule has 1 unspecified atom stereocenters. The number of nitrogens with one attached hydrogen (secondary N) is 1. The second kappa shape index (κ2) is 8.04. The molecular weight excluding hydrogens is 198 g/mol. The number of nitrogens with zero attached hydrogens (tertiary/aromatic N) is 2. The Morgan fingerprint density at radius 3 is 2.56 bits per heavy atom. The van der Waals surface area contributed by atoms with Crippen molar-refractivity contribution < 1.29 is 0 Å². The van der Waals surface area contributed by atoms with Gasteiger partial charge in [0.15, 0.2) is 0 Å².